The molecule has 0 saturated carbocycles. The Morgan fingerprint density at radius 2 is 1.65 bits per heavy atom. The molecular formula is C34H51N5O7. The lowest BCUT2D eigenvalue weighted by Gasteiger charge is -2.39. The van der Waals surface area contributed by atoms with Crippen molar-refractivity contribution in [2.24, 2.45) is 5.92 Å². The molecule has 7 atom stereocenters. The van der Waals surface area contributed by atoms with E-state index in [1.54, 1.807) is 29.9 Å². The molecule has 4 rings (SSSR count). The summed E-state index contributed by atoms with van der Waals surface area (Å²) in [6.07, 6.45) is 5.58. The predicted octanol–water partition coefficient (Wildman–Crippen LogP) is 1.83. The Morgan fingerprint density at radius 1 is 0.935 bits per heavy atom. The highest BCUT2D eigenvalue weighted by Gasteiger charge is 2.41. The van der Waals surface area contributed by atoms with E-state index in [9.17, 15) is 29.4 Å². The van der Waals surface area contributed by atoms with Gasteiger partial charge in [0.1, 0.15) is 31.3 Å². The molecule has 0 aliphatic carbocycles. The van der Waals surface area contributed by atoms with Gasteiger partial charge in [0, 0.05) is 24.5 Å². The SMILES string of the molecule is CCC(C)[C@@H]1NC(=O)[C@H](Cc2cn(OC)c3ccccc23)NC(=O)[C@H](CCCCCC(O)C(C)O)NC(=O)[C@H]2CCCCN2C1=O. The van der Waals surface area contributed by atoms with Gasteiger partial charge < -0.3 is 35.9 Å². The van der Waals surface area contributed by atoms with Crippen LogP contribution in [0.4, 0.5) is 0 Å². The second-order valence-corrected chi connectivity index (χ2v) is 12.9. The maximum absolute atomic E-state index is 14.1. The Labute approximate surface area is 271 Å². The van der Waals surface area contributed by atoms with E-state index in [0.717, 1.165) is 29.3 Å². The fraction of sp³-hybridized carbons (Fsp3) is 0.647. The third kappa shape index (κ3) is 8.38. The lowest BCUT2D eigenvalue weighted by Crippen LogP contribution is -2.64. The Morgan fingerprint density at radius 3 is 2.37 bits per heavy atom. The zero-order valence-corrected chi connectivity index (χ0v) is 27.5. The highest BCUT2D eigenvalue weighted by Crippen LogP contribution is 2.24. The van der Waals surface area contributed by atoms with Crippen LogP contribution in [0.15, 0.2) is 30.5 Å². The number of benzene rings is 1. The van der Waals surface area contributed by atoms with Crippen molar-refractivity contribution in [1.82, 2.24) is 25.6 Å². The second kappa shape index (κ2) is 16.3. The van der Waals surface area contributed by atoms with E-state index in [-0.39, 0.29) is 24.2 Å². The first kappa shape index (κ1) is 35.2. The van der Waals surface area contributed by atoms with Crippen molar-refractivity contribution in [2.75, 3.05) is 13.7 Å². The van der Waals surface area contributed by atoms with Gasteiger partial charge in [-0.05, 0) is 56.6 Å². The first-order valence-electron chi connectivity index (χ1n) is 16.8. The van der Waals surface area contributed by atoms with Crippen LogP contribution in [0, 0.1) is 5.92 Å². The number of amides is 4. The minimum absolute atomic E-state index is 0.139. The zero-order chi connectivity index (χ0) is 33.4. The van der Waals surface area contributed by atoms with E-state index in [4.69, 9.17) is 4.84 Å². The molecule has 0 spiro atoms. The summed E-state index contributed by atoms with van der Waals surface area (Å²) in [5, 5.41) is 29.2. The Bertz CT molecular complexity index is 1360. The Kier molecular flexibility index (Phi) is 12.5. The maximum Gasteiger partial charge on any atom is 0.246 e. The number of unbranched alkanes of at least 4 members (excludes halogenated alkanes) is 2. The molecule has 5 N–H and O–H groups in total. The van der Waals surface area contributed by atoms with Crippen LogP contribution in [-0.4, -0.2) is 93.5 Å². The van der Waals surface area contributed by atoms with E-state index in [2.05, 4.69) is 16.0 Å². The molecule has 1 aromatic carbocycles. The highest BCUT2D eigenvalue weighted by molar-refractivity contribution is 5.98. The van der Waals surface area contributed by atoms with Crippen LogP contribution < -0.4 is 20.8 Å². The van der Waals surface area contributed by atoms with Gasteiger partial charge in [0.25, 0.3) is 0 Å². The minimum atomic E-state index is -1.03. The summed E-state index contributed by atoms with van der Waals surface area (Å²) in [6, 6.07) is 4.09. The van der Waals surface area contributed by atoms with Crippen molar-refractivity contribution in [3.8, 4) is 0 Å². The molecule has 254 valence electrons. The zero-order valence-electron chi connectivity index (χ0n) is 27.5. The average molecular weight is 642 g/mol. The number of rotatable bonds is 12. The van der Waals surface area contributed by atoms with Gasteiger partial charge in [-0.15, -0.1) is 0 Å². The number of aromatic nitrogens is 1. The average Bonchev–Trinajstić information content (AvgIpc) is 3.41. The van der Waals surface area contributed by atoms with Gasteiger partial charge in [-0.3, -0.25) is 19.2 Å². The standard InChI is InChI=1S/C34H51N5O7/c1-5-21(2)30-34(45)38-18-12-11-16-28(38)33(44)35-25(14-7-6-8-17-29(41)22(3)40)31(42)36-26(32(43)37-30)19-23-20-39(46-4)27-15-10-9-13-24(23)27/h9-10,13,15,20-22,25-26,28-30,40-41H,5-8,11-12,14,16-19H2,1-4H3,(H,35,44)(H,36,42)(H,37,43)/t21?,22?,25-,26-,28+,29?,30-/m0/s1. The summed E-state index contributed by atoms with van der Waals surface area (Å²) < 4.78 is 1.61. The molecule has 2 aromatic rings. The summed E-state index contributed by atoms with van der Waals surface area (Å²) in [5.41, 5.74) is 1.60. The molecule has 0 bridgehead atoms. The van der Waals surface area contributed by atoms with Gasteiger partial charge in [-0.2, -0.15) is 4.73 Å². The number of nitrogens with zero attached hydrogens (tertiary/aromatic N) is 2. The molecule has 0 radical (unpaired) electrons. The third-order valence-electron chi connectivity index (χ3n) is 9.56. The first-order chi connectivity index (χ1) is 22.0. The summed E-state index contributed by atoms with van der Waals surface area (Å²) >= 11 is 0. The van der Waals surface area contributed by atoms with Gasteiger partial charge in [0.2, 0.25) is 23.6 Å². The third-order valence-corrected chi connectivity index (χ3v) is 9.56. The molecule has 2 saturated heterocycles. The molecule has 2 fully saturated rings. The van der Waals surface area contributed by atoms with Gasteiger partial charge in [-0.25, -0.2) is 0 Å². The summed E-state index contributed by atoms with van der Waals surface area (Å²) in [5.74, 6) is -1.78. The lowest BCUT2D eigenvalue weighted by atomic mass is 9.93. The smallest absolute Gasteiger partial charge is 0.246 e. The van der Waals surface area contributed by atoms with Crippen LogP contribution in [0.25, 0.3) is 10.9 Å². The summed E-state index contributed by atoms with van der Waals surface area (Å²) in [4.78, 5) is 62.8. The lowest BCUT2D eigenvalue weighted by molar-refractivity contribution is -0.147. The molecule has 1 aromatic heterocycles. The number of para-hydroxylation sites is 1. The summed E-state index contributed by atoms with van der Waals surface area (Å²) in [7, 11) is 1.55. The molecular weight excluding hydrogens is 590 g/mol. The van der Waals surface area contributed by atoms with Gasteiger partial charge in [0.05, 0.1) is 17.7 Å². The molecule has 12 heteroatoms. The first-order valence-corrected chi connectivity index (χ1v) is 16.8. The van der Waals surface area contributed by atoms with Crippen molar-refractivity contribution >= 4 is 34.5 Å². The van der Waals surface area contributed by atoms with Gasteiger partial charge in [-0.1, -0.05) is 57.7 Å². The van der Waals surface area contributed by atoms with Crippen molar-refractivity contribution in [1.29, 1.82) is 0 Å². The van der Waals surface area contributed by atoms with Crippen molar-refractivity contribution in [2.45, 2.75) is 121 Å². The second-order valence-electron chi connectivity index (χ2n) is 12.9. The van der Waals surface area contributed by atoms with Gasteiger partial charge in [0.15, 0.2) is 0 Å². The Hall–Kier alpha value is -3.64. The molecule has 3 unspecified atom stereocenters. The number of piperidine rings is 1. The number of aliphatic hydroxyl groups excluding tert-OH is 2. The molecule has 2 aliphatic rings. The van der Waals surface area contributed by atoms with Crippen molar-refractivity contribution in [3.05, 3.63) is 36.0 Å². The number of fused-ring (bicyclic) bond motifs is 2. The molecule has 12 nitrogen and oxygen atoms in total. The van der Waals surface area contributed by atoms with Crippen LogP contribution in [0.5, 0.6) is 0 Å². The normalized spacial score (nSPS) is 25.0. The van der Waals surface area contributed by atoms with Crippen LogP contribution in [0.1, 0.15) is 84.1 Å². The van der Waals surface area contributed by atoms with Crippen LogP contribution in [0.2, 0.25) is 0 Å². The van der Waals surface area contributed by atoms with Crippen LogP contribution >= 0.6 is 0 Å². The quantitative estimate of drug-likeness (QED) is 0.221. The fourth-order valence-corrected chi connectivity index (χ4v) is 6.47. The molecule has 2 aliphatic heterocycles. The van der Waals surface area contributed by atoms with Crippen molar-refractivity contribution < 1.29 is 34.2 Å². The maximum atomic E-state index is 14.1. The van der Waals surface area contributed by atoms with E-state index in [1.165, 1.54) is 0 Å². The molecule has 46 heavy (non-hydrogen) atoms. The predicted molar refractivity (Wildman–Crippen MR) is 174 cm³/mol. The minimum Gasteiger partial charge on any atom is -0.417 e. The monoisotopic (exact) mass is 641 g/mol. The summed E-state index contributed by atoms with van der Waals surface area (Å²) in [6.45, 7) is 5.81. The molecule has 4 amide bonds. The number of hydrogen-bond donors (Lipinski definition) is 5. The number of hydrogen-bond acceptors (Lipinski definition) is 7. The van der Waals surface area contributed by atoms with E-state index >= 15 is 0 Å². The van der Waals surface area contributed by atoms with E-state index < -0.39 is 48.2 Å². The largest absolute Gasteiger partial charge is 0.417 e. The Balaban J connectivity index is 1.65. The highest BCUT2D eigenvalue weighted by atomic mass is 16.6. The number of aliphatic hydroxyl groups is 2. The van der Waals surface area contributed by atoms with Crippen LogP contribution in [0.3, 0.4) is 0 Å². The van der Waals surface area contributed by atoms with E-state index in [0.29, 0.717) is 51.5 Å². The fourth-order valence-electron chi connectivity index (χ4n) is 6.47. The number of carbonyl (C=O) groups excluding carboxylic acids is 4. The van der Waals surface area contributed by atoms with Crippen molar-refractivity contribution in [3.63, 3.8) is 0 Å². The molecule has 3 heterocycles. The van der Waals surface area contributed by atoms with Gasteiger partial charge >= 0.3 is 0 Å². The van der Waals surface area contributed by atoms with E-state index in [1.807, 2.05) is 38.1 Å². The number of nitrogens with one attached hydrogen (secondary N) is 3. The topological polar surface area (TPSA) is 162 Å². The number of carbonyl (C=O) groups is 4. The van der Waals surface area contributed by atoms with Crippen LogP contribution in [-0.2, 0) is 25.6 Å².